The fourth-order valence-electron chi connectivity index (χ4n) is 0.751. The first-order chi connectivity index (χ1) is 4.70. The van der Waals surface area contributed by atoms with Crippen LogP contribution in [-0.2, 0) is 0 Å². The van der Waals surface area contributed by atoms with E-state index in [2.05, 4.69) is 0 Å². The molecular weight excluding hydrogens is 129 g/mol. The van der Waals surface area contributed by atoms with Crippen molar-refractivity contribution in [1.82, 2.24) is 5.73 Å². The molecule has 10 heavy (non-hydrogen) atoms. The second-order valence-corrected chi connectivity index (χ2v) is 2.27. The van der Waals surface area contributed by atoms with Gasteiger partial charge in [0.15, 0.2) is 0 Å². The summed E-state index contributed by atoms with van der Waals surface area (Å²) in [5.41, 5.74) is 8.12. The van der Waals surface area contributed by atoms with Crippen LogP contribution in [0.4, 0.5) is 4.39 Å². The highest BCUT2D eigenvalue weighted by molar-refractivity contribution is 5.18. The SMILES string of the molecule is CC([NH])c1ccc(F)cc1. The Hall–Kier alpha value is -0.890. The van der Waals surface area contributed by atoms with Gasteiger partial charge in [0.2, 0.25) is 0 Å². The summed E-state index contributed by atoms with van der Waals surface area (Å²) in [6.07, 6.45) is 0. The lowest BCUT2D eigenvalue weighted by molar-refractivity contribution is 0.625. The molecule has 0 saturated heterocycles. The Bertz CT molecular complexity index is 203. The number of benzene rings is 1. The van der Waals surface area contributed by atoms with Gasteiger partial charge in [-0.15, -0.1) is 0 Å². The van der Waals surface area contributed by atoms with E-state index in [1.807, 2.05) is 0 Å². The second-order valence-electron chi connectivity index (χ2n) is 2.27. The first-order valence-corrected chi connectivity index (χ1v) is 3.17. The highest BCUT2D eigenvalue weighted by Gasteiger charge is 1.97. The van der Waals surface area contributed by atoms with Gasteiger partial charge in [-0.25, -0.2) is 4.39 Å². The molecular formula is C8H9FN. The molecule has 0 saturated carbocycles. The number of hydrogen-bond acceptors (Lipinski definition) is 0. The van der Waals surface area contributed by atoms with Crippen LogP contribution in [0, 0.1) is 5.82 Å². The van der Waals surface area contributed by atoms with E-state index >= 15 is 0 Å². The summed E-state index contributed by atoms with van der Waals surface area (Å²) < 4.78 is 12.3. The molecule has 1 aromatic rings. The van der Waals surface area contributed by atoms with Crippen LogP contribution in [-0.4, -0.2) is 0 Å². The van der Waals surface area contributed by atoms with Gasteiger partial charge >= 0.3 is 0 Å². The van der Waals surface area contributed by atoms with Crippen LogP contribution in [0.5, 0.6) is 0 Å². The highest BCUT2D eigenvalue weighted by atomic mass is 19.1. The molecule has 1 N–H and O–H groups in total. The molecule has 0 bridgehead atoms. The van der Waals surface area contributed by atoms with Crippen molar-refractivity contribution in [3.63, 3.8) is 0 Å². The van der Waals surface area contributed by atoms with Crippen molar-refractivity contribution < 1.29 is 4.39 Å². The van der Waals surface area contributed by atoms with Gasteiger partial charge < -0.3 is 0 Å². The van der Waals surface area contributed by atoms with Gasteiger partial charge in [-0.1, -0.05) is 12.1 Å². The van der Waals surface area contributed by atoms with Gasteiger partial charge in [-0.05, 0) is 24.6 Å². The van der Waals surface area contributed by atoms with Crippen LogP contribution >= 0.6 is 0 Å². The minimum absolute atomic E-state index is 0.246. The van der Waals surface area contributed by atoms with Crippen molar-refractivity contribution in [2.24, 2.45) is 0 Å². The molecule has 1 radical (unpaired) electrons. The number of halogens is 1. The molecule has 53 valence electrons. The van der Waals surface area contributed by atoms with E-state index < -0.39 is 0 Å². The first kappa shape index (κ1) is 7.22. The fraction of sp³-hybridized carbons (Fsp3) is 0.250. The normalized spacial score (nSPS) is 13.1. The van der Waals surface area contributed by atoms with Crippen molar-refractivity contribution in [3.05, 3.63) is 35.6 Å². The standard InChI is InChI=1S/C8H9FN/c1-6(10)7-2-4-8(9)5-3-7/h2-6,10H,1H3. The van der Waals surface area contributed by atoms with Gasteiger partial charge in [0.25, 0.3) is 0 Å². The molecule has 1 aromatic carbocycles. The fourth-order valence-corrected chi connectivity index (χ4v) is 0.751. The van der Waals surface area contributed by atoms with Crippen molar-refractivity contribution in [2.45, 2.75) is 13.0 Å². The van der Waals surface area contributed by atoms with Gasteiger partial charge in [-0.2, -0.15) is 0 Å². The molecule has 1 atom stereocenters. The average molecular weight is 138 g/mol. The lowest BCUT2D eigenvalue weighted by Gasteiger charge is -2.01. The Morgan fingerprint density at radius 3 is 2.20 bits per heavy atom. The van der Waals surface area contributed by atoms with E-state index in [0.717, 1.165) is 5.56 Å². The average Bonchev–Trinajstić information content (AvgIpc) is 1.88. The summed E-state index contributed by atoms with van der Waals surface area (Å²) in [5, 5.41) is 0. The van der Waals surface area contributed by atoms with Crippen molar-refractivity contribution in [1.29, 1.82) is 0 Å². The molecule has 0 fully saturated rings. The summed E-state index contributed by atoms with van der Waals surface area (Å²) in [6, 6.07) is 5.75. The minimum Gasteiger partial charge on any atom is -0.250 e. The van der Waals surface area contributed by atoms with Crippen LogP contribution in [0.3, 0.4) is 0 Å². The Labute approximate surface area is 59.7 Å². The van der Waals surface area contributed by atoms with Gasteiger partial charge in [0.1, 0.15) is 5.82 Å². The predicted molar refractivity (Wildman–Crippen MR) is 37.9 cm³/mol. The Morgan fingerprint density at radius 1 is 1.30 bits per heavy atom. The Kier molecular flexibility index (Phi) is 2.02. The van der Waals surface area contributed by atoms with E-state index in [-0.39, 0.29) is 11.9 Å². The van der Waals surface area contributed by atoms with E-state index in [9.17, 15) is 4.39 Å². The summed E-state index contributed by atoms with van der Waals surface area (Å²) >= 11 is 0. The highest BCUT2D eigenvalue weighted by Crippen LogP contribution is 2.10. The van der Waals surface area contributed by atoms with Crippen molar-refractivity contribution in [3.8, 4) is 0 Å². The van der Waals surface area contributed by atoms with Crippen molar-refractivity contribution in [2.75, 3.05) is 0 Å². The second kappa shape index (κ2) is 2.80. The third kappa shape index (κ3) is 1.54. The Morgan fingerprint density at radius 2 is 1.80 bits per heavy atom. The smallest absolute Gasteiger partial charge is 0.123 e. The van der Waals surface area contributed by atoms with E-state index in [4.69, 9.17) is 5.73 Å². The maximum absolute atomic E-state index is 12.3. The van der Waals surface area contributed by atoms with Crippen LogP contribution < -0.4 is 5.73 Å². The molecule has 0 aliphatic rings. The number of nitrogens with one attached hydrogen (secondary N) is 1. The molecule has 0 aliphatic carbocycles. The lowest BCUT2D eigenvalue weighted by atomic mass is 10.1. The van der Waals surface area contributed by atoms with Gasteiger partial charge in [0, 0.05) is 6.04 Å². The molecule has 2 heteroatoms. The van der Waals surface area contributed by atoms with E-state index in [1.165, 1.54) is 12.1 Å². The molecule has 0 aromatic heterocycles. The maximum Gasteiger partial charge on any atom is 0.123 e. The topological polar surface area (TPSA) is 23.8 Å². The first-order valence-electron chi connectivity index (χ1n) is 3.17. The zero-order chi connectivity index (χ0) is 7.56. The molecule has 1 unspecified atom stereocenters. The third-order valence-electron chi connectivity index (χ3n) is 1.37. The molecule has 0 heterocycles. The molecule has 1 rings (SSSR count). The van der Waals surface area contributed by atoms with Crippen LogP contribution in [0.2, 0.25) is 0 Å². The number of rotatable bonds is 1. The summed E-state index contributed by atoms with van der Waals surface area (Å²) in [5.74, 6) is -0.246. The molecule has 0 spiro atoms. The zero-order valence-corrected chi connectivity index (χ0v) is 5.76. The third-order valence-corrected chi connectivity index (χ3v) is 1.37. The summed E-state index contributed by atoms with van der Waals surface area (Å²) in [7, 11) is 0. The minimum atomic E-state index is -0.263. The molecule has 0 amide bonds. The predicted octanol–water partition coefficient (Wildman–Crippen LogP) is 2.17. The van der Waals surface area contributed by atoms with Gasteiger partial charge in [-0.3, -0.25) is 5.73 Å². The molecule has 0 aliphatic heterocycles. The lowest BCUT2D eigenvalue weighted by Crippen LogP contribution is -1.92. The number of hydrogen-bond donors (Lipinski definition) is 0. The van der Waals surface area contributed by atoms with Gasteiger partial charge in [0.05, 0.1) is 0 Å². The van der Waals surface area contributed by atoms with Crippen LogP contribution in [0.25, 0.3) is 0 Å². The monoisotopic (exact) mass is 138 g/mol. The van der Waals surface area contributed by atoms with Crippen LogP contribution in [0.1, 0.15) is 18.5 Å². The zero-order valence-electron chi connectivity index (χ0n) is 5.76. The summed E-state index contributed by atoms with van der Waals surface area (Å²) in [6.45, 7) is 1.76. The molecule has 1 nitrogen and oxygen atoms in total. The quantitative estimate of drug-likeness (QED) is 0.568. The Balaban J connectivity index is 2.89. The summed E-state index contributed by atoms with van der Waals surface area (Å²) in [4.78, 5) is 0. The maximum atomic E-state index is 12.3. The largest absolute Gasteiger partial charge is 0.250 e. The van der Waals surface area contributed by atoms with E-state index in [1.54, 1.807) is 19.1 Å². The van der Waals surface area contributed by atoms with Crippen molar-refractivity contribution >= 4 is 0 Å². The van der Waals surface area contributed by atoms with Crippen LogP contribution in [0.15, 0.2) is 24.3 Å². The van der Waals surface area contributed by atoms with E-state index in [0.29, 0.717) is 0 Å².